The molecule has 0 radical (unpaired) electrons. The second-order valence-corrected chi connectivity index (χ2v) is 7.02. The fourth-order valence-corrected chi connectivity index (χ4v) is 3.44. The van der Waals surface area contributed by atoms with Crippen molar-refractivity contribution >= 4 is 24.0 Å². The van der Waals surface area contributed by atoms with Gasteiger partial charge in [0.1, 0.15) is 18.2 Å². The monoisotopic (exact) mass is 381 g/mol. The fourth-order valence-electron chi connectivity index (χ4n) is 3.44. The number of fused-ring (bicyclic) bond motifs is 1. The van der Waals surface area contributed by atoms with Gasteiger partial charge in [-0.1, -0.05) is 30.3 Å². The predicted molar refractivity (Wildman–Crippen MR) is 104 cm³/mol. The van der Waals surface area contributed by atoms with Crippen molar-refractivity contribution in [2.24, 2.45) is 4.99 Å². The summed E-state index contributed by atoms with van der Waals surface area (Å²) in [5.41, 5.74) is 5.01. The number of aryl methyl sites for hydroxylation is 2. The number of likely N-dealkylation sites (N-methyl/N-ethyl adjacent to an activating group) is 1. The van der Waals surface area contributed by atoms with E-state index < -0.39 is 12.2 Å². The molecular formula is C19H23N7O2. The minimum absolute atomic E-state index is 0.157. The van der Waals surface area contributed by atoms with Crippen molar-refractivity contribution in [2.75, 3.05) is 11.9 Å². The average molecular weight is 381 g/mol. The van der Waals surface area contributed by atoms with Crippen LogP contribution < -0.4 is 15.6 Å². The molecule has 4 rings (SSSR count). The Bertz CT molecular complexity index is 908. The van der Waals surface area contributed by atoms with Crippen LogP contribution in [0.1, 0.15) is 17.7 Å². The molecule has 9 nitrogen and oxygen atoms in total. The Morgan fingerprint density at radius 1 is 1.32 bits per heavy atom. The van der Waals surface area contributed by atoms with Gasteiger partial charge >= 0.3 is 0 Å². The Morgan fingerprint density at radius 3 is 2.89 bits per heavy atom. The van der Waals surface area contributed by atoms with Crippen LogP contribution in [0.2, 0.25) is 0 Å². The van der Waals surface area contributed by atoms with Gasteiger partial charge in [0.05, 0.1) is 12.2 Å². The first kappa shape index (κ1) is 18.2. The lowest BCUT2D eigenvalue weighted by atomic mass is 10.2. The Morgan fingerprint density at radius 2 is 2.11 bits per heavy atom. The van der Waals surface area contributed by atoms with E-state index in [1.807, 2.05) is 43.3 Å². The van der Waals surface area contributed by atoms with Gasteiger partial charge in [-0.05, 0) is 18.9 Å². The van der Waals surface area contributed by atoms with Gasteiger partial charge in [0.2, 0.25) is 0 Å². The molecule has 0 fully saturated rings. The summed E-state index contributed by atoms with van der Waals surface area (Å²) in [7, 11) is 1.70. The van der Waals surface area contributed by atoms with Crippen LogP contribution >= 0.6 is 0 Å². The summed E-state index contributed by atoms with van der Waals surface area (Å²) in [4.78, 5) is 31.2. The molecule has 2 N–H and O–H groups in total. The first-order valence-electron chi connectivity index (χ1n) is 9.24. The summed E-state index contributed by atoms with van der Waals surface area (Å²) in [6.07, 6.45) is 1.34. The second kappa shape index (κ2) is 7.43. The molecule has 3 heterocycles. The highest BCUT2D eigenvalue weighted by Crippen LogP contribution is 2.21. The smallest absolute Gasteiger partial charge is 0.261 e. The van der Waals surface area contributed by atoms with Crippen molar-refractivity contribution in [2.45, 2.75) is 38.6 Å². The summed E-state index contributed by atoms with van der Waals surface area (Å²) in [5.74, 6) is 0.259. The summed E-state index contributed by atoms with van der Waals surface area (Å²) >= 11 is 0. The van der Waals surface area contributed by atoms with Gasteiger partial charge < -0.3 is 5.32 Å². The van der Waals surface area contributed by atoms with Crippen molar-refractivity contribution in [3.05, 3.63) is 47.7 Å². The number of nitrogens with zero attached hydrogens (tertiary/aromatic N) is 5. The molecule has 1 aromatic heterocycles. The van der Waals surface area contributed by atoms with E-state index in [4.69, 9.17) is 0 Å². The van der Waals surface area contributed by atoms with Gasteiger partial charge in [0.25, 0.3) is 11.8 Å². The number of rotatable bonds is 4. The molecule has 28 heavy (non-hydrogen) atoms. The number of nitrogens with one attached hydrogen (secondary N) is 2. The lowest BCUT2D eigenvalue weighted by Crippen LogP contribution is -2.52. The molecule has 2 amide bonds. The zero-order chi connectivity index (χ0) is 19.7. The molecule has 2 atom stereocenters. The molecule has 2 aliphatic rings. The van der Waals surface area contributed by atoms with Crippen molar-refractivity contribution in [3.8, 4) is 0 Å². The third kappa shape index (κ3) is 3.61. The number of hydrazine groups is 1. The van der Waals surface area contributed by atoms with Crippen LogP contribution in [0.5, 0.6) is 0 Å². The van der Waals surface area contributed by atoms with Crippen LogP contribution in [0, 0.1) is 6.92 Å². The van der Waals surface area contributed by atoms with E-state index in [0.717, 1.165) is 17.1 Å². The lowest BCUT2D eigenvalue weighted by molar-refractivity contribution is -0.129. The van der Waals surface area contributed by atoms with Gasteiger partial charge in [-0.2, -0.15) is 5.10 Å². The Hall–Kier alpha value is -3.20. The van der Waals surface area contributed by atoms with Crippen LogP contribution in [0.15, 0.2) is 41.4 Å². The molecule has 2 aliphatic heterocycles. The number of carbonyl (C=O) groups excluding carboxylic acids is 2. The highest BCUT2D eigenvalue weighted by Gasteiger charge is 2.33. The van der Waals surface area contributed by atoms with Crippen LogP contribution in [0.4, 0.5) is 5.82 Å². The SMILES string of the molecule is Cc1cc2n(n1)CC[C@H](NC(=O)C1N=CN(Cc3ccccc3)N1)C(=O)N2C. The van der Waals surface area contributed by atoms with Crippen LogP contribution in [-0.4, -0.2) is 52.2 Å². The lowest BCUT2D eigenvalue weighted by Gasteiger charge is -2.22. The highest BCUT2D eigenvalue weighted by atomic mass is 16.2. The van der Waals surface area contributed by atoms with Crippen molar-refractivity contribution in [1.29, 1.82) is 0 Å². The van der Waals surface area contributed by atoms with E-state index in [0.29, 0.717) is 19.5 Å². The quantitative estimate of drug-likeness (QED) is 0.800. The van der Waals surface area contributed by atoms with Gasteiger partial charge in [0.15, 0.2) is 6.17 Å². The van der Waals surface area contributed by atoms with Gasteiger partial charge in [-0.3, -0.25) is 19.5 Å². The molecule has 0 spiro atoms. The predicted octanol–water partition coefficient (Wildman–Crippen LogP) is 0.418. The average Bonchev–Trinajstić information content (AvgIpc) is 3.28. The Balaban J connectivity index is 1.36. The summed E-state index contributed by atoms with van der Waals surface area (Å²) < 4.78 is 1.80. The number of benzene rings is 1. The maximum Gasteiger partial charge on any atom is 0.261 e. The summed E-state index contributed by atoms with van der Waals surface area (Å²) in [6.45, 7) is 3.05. The molecule has 2 aromatic rings. The van der Waals surface area contributed by atoms with Gasteiger partial charge in [-0.25, -0.2) is 15.1 Å². The molecule has 0 saturated carbocycles. The van der Waals surface area contributed by atoms with Gasteiger partial charge in [0, 0.05) is 19.7 Å². The van der Waals surface area contributed by atoms with E-state index in [1.165, 1.54) is 0 Å². The molecule has 1 unspecified atom stereocenters. The van der Waals surface area contributed by atoms with Crippen molar-refractivity contribution < 1.29 is 9.59 Å². The maximum absolute atomic E-state index is 12.8. The first-order valence-corrected chi connectivity index (χ1v) is 9.24. The number of hydrogen-bond donors (Lipinski definition) is 2. The summed E-state index contributed by atoms with van der Waals surface area (Å²) in [5, 5.41) is 9.00. The highest BCUT2D eigenvalue weighted by molar-refractivity contribution is 5.99. The number of aliphatic imine (C=N–C) groups is 1. The second-order valence-electron chi connectivity index (χ2n) is 7.02. The van der Waals surface area contributed by atoms with Crippen LogP contribution in [-0.2, 0) is 22.7 Å². The van der Waals surface area contributed by atoms with E-state index >= 15 is 0 Å². The third-order valence-corrected chi connectivity index (χ3v) is 4.89. The van der Waals surface area contributed by atoms with E-state index in [9.17, 15) is 9.59 Å². The molecule has 0 saturated heterocycles. The number of amides is 2. The fraction of sp³-hybridized carbons (Fsp3) is 0.368. The standard InChI is InChI=1S/C19H23N7O2/c1-13-10-16-24(2)19(28)15(8-9-26(16)22-13)21-18(27)17-20-12-25(23-17)11-14-6-4-3-5-7-14/h3-7,10,12,15,17,23H,8-9,11H2,1-2H3,(H,21,27)/t15-,17?/m0/s1. The number of aromatic nitrogens is 2. The van der Waals surface area contributed by atoms with E-state index in [-0.39, 0.29) is 11.8 Å². The molecule has 9 heteroatoms. The van der Waals surface area contributed by atoms with E-state index in [2.05, 4.69) is 20.8 Å². The van der Waals surface area contributed by atoms with Crippen LogP contribution in [0.25, 0.3) is 0 Å². The summed E-state index contributed by atoms with van der Waals surface area (Å²) in [6, 6.07) is 11.2. The maximum atomic E-state index is 12.8. The molecule has 1 aromatic carbocycles. The largest absolute Gasteiger partial charge is 0.341 e. The zero-order valence-corrected chi connectivity index (χ0v) is 15.9. The van der Waals surface area contributed by atoms with Crippen molar-refractivity contribution in [1.82, 2.24) is 25.5 Å². The van der Waals surface area contributed by atoms with Crippen molar-refractivity contribution in [3.63, 3.8) is 0 Å². The third-order valence-electron chi connectivity index (χ3n) is 4.89. The molecular weight excluding hydrogens is 358 g/mol. The van der Waals surface area contributed by atoms with E-state index in [1.54, 1.807) is 28.0 Å². The number of carbonyl (C=O) groups is 2. The topological polar surface area (TPSA) is 94.9 Å². The first-order chi connectivity index (χ1) is 13.5. The van der Waals surface area contributed by atoms with Crippen LogP contribution in [0.3, 0.4) is 0 Å². The van der Waals surface area contributed by atoms with Gasteiger partial charge in [-0.15, -0.1) is 0 Å². The molecule has 0 bridgehead atoms. The number of anilines is 1. The number of hydrogen-bond acceptors (Lipinski definition) is 6. The normalized spacial score (nSPS) is 21.6. The molecule has 146 valence electrons. The molecule has 0 aliphatic carbocycles. The minimum atomic E-state index is -0.746. The Labute approximate surface area is 163 Å². The zero-order valence-electron chi connectivity index (χ0n) is 15.9. The Kier molecular flexibility index (Phi) is 4.82. The minimum Gasteiger partial charge on any atom is -0.341 e.